The largest absolute Gasteiger partial charge is 0.476 e. The summed E-state index contributed by atoms with van der Waals surface area (Å²) in [4.78, 5) is 13.1. The molecule has 1 aliphatic heterocycles. The van der Waals surface area contributed by atoms with Gasteiger partial charge in [0.1, 0.15) is 5.75 Å². The molecule has 1 atom stereocenters. The maximum absolute atomic E-state index is 13.5. The number of ether oxygens (including phenoxy) is 1. The summed E-state index contributed by atoms with van der Waals surface area (Å²) in [5, 5.41) is 11.0. The van der Waals surface area contributed by atoms with E-state index in [9.17, 15) is 13.2 Å². The van der Waals surface area contributed by atoms with Crippen LogP contribution in [-0.4, -0.2) is 42.9 Å². The number of aryl methyl sites for hydroxylation is 2. The van der Waals surface area contributed by atoms with Crippen LogP contribution in [0.2, 0.25) is 0 Å². The van der Waals surface area contributed by atoms with E-state index in [0.29, 0.717) is 26.7 Å². The standard InChI is InChI=1S/C22H22N4O4S3/c1-4-11-31-22-25-24-21(32-22)23-20(27)19-13-26(17-12-15(3)7-10-18(17)30-19)33(28,29)16-8-5-14(2)6-9-16/h4-10,12,19H,1,11,13H2,2-3H3,(H,23,24,27)/t19-/m0/s1. The lowest BCUT2D eigenvalue weighted by Crippen LogP contribution is -2.48. The summed E-state index contributed by atoms with van der Waals surface area (Å²) >= 11 is 2.69. The van der Waals surface area contributed by atoms with E-state index in [1.165, 1.54) is 27.4 Å². The van der Waals surface area contributed by atoms with Gasteiger partial charge < -0.3 is 4.74 Å². The predicted octanol–water partition coefficient (Wildman–Crippen LogP) is 4.03. The number of aromatic nitrogens is 2. The van der Waals surface area contributed by atoms with Crippen LogP contribution in [0.1, 0.15) is 11.1 Å². The molecule has 3 aromatic rings. The van der Waals surface area contributed by atoms with Gasteiger partial charge in [0.15, 0.2) is 10.4 Å². The van der Waals surface area contributed by atoms with Crippen molar-refractivity contribution >= 4 is 49.8 Å². The molecule has 0 spiro atoms. The monoisotopic (exact) mass is 502 g/mol. The number of sulfonamides is 1. The highest BCUT2D eigenvalue weighted by Gasteiger charge is 2.38. The molecule has 0 saturated carbocycles. The van der Waals surface area contributed by atoms with E-state index in [1.807, 2.05) is 19.9 Å². The molecule has 2 heterocycles. The average Bonchev–Trinajstić information content (AvgIpc) is 3.24. The number of anilines is 2. The number of carbonyl (C=O) groups excluding carboxylic acids is 1. The second-order valence-electron chi connectivity index (χ2n) is 7.39. The van der Waals surface area contributed by atoms with Gasteiger partial charge in [-0.15, -0.1) is 16.8 Å². The molecule has 1 N–H and O–H groups in total. The van der Waals surface area contributed by atoms with Gasteiger partial charge in [-0.3, -0.25) is 14.4 Å². The highest BCUT2D eigenvalue weighted by molar-refractivity contribution is 8.01. The Labute approximate surface area is 200 Å². The molecule has 8 nitrogen and oxygen atoms in total. The van der Waals surface area contributed by atoms with Crippen molar-refractivity contribution in [1.82, 2.24) is 10.2 Å². The minimum atomic E-state index is -3.92. The van der Waals surface area contributed by atoms with Crippen molar-refractivity contribution in [3.8, 4) is 5.75 Å². The number of benzene rings is 2. The highest BCUT2D eigenvalue weighted by Crippen LogP contribution is 2.38. The van der Waals surface area contributed by atoms with Crippen molar-refractivity contribution in [2.75, 3.05) is 21.9 Å². The number of hydrogen-bond donors (Lipinski definition) is 1. The first kappa shape index (κ1) is 23.3. The van der Waals surface area contributed by atoms with Crippen LogP contribution in [0.25, 0.3) is 0 Å². The van der Waals surface area contributed by atoms with Crippen molar-refractivity contribution in [2.45, 2.75) is 29.2 Å². The molecule has 1 amide bonds. The molecule has 33 heavy (non-hydrogen) atoms. The first-order valence-corrected chi connectivity index (χ1v) is 13.3. The third-order valence-electron chi connectivity index (χ3n) is 4.85. The molecular weight excluding hydrogens is 480 g/mol. The van der Waals surface area contributed by atoms with Crippen molar-refractivity contribution in [1.29, 1.82) is 0 Å². The van der Waals surface area contributed by atoms with Gasteiger partial charge in [-0.2, -0.15) is 0 Å². The summed E-state index contributed by atoms with van der Waals surface area (Å²) in [6, 6.07) is 11.8. The van der Waals surface area contributed by atoms with Gasteiger partial charge in [0.05, 0.1) is 17.1 Å². The number of rotatable bonds is 7. The van der Waals surface area contributed by atoms with Gasteiger partial charge >= 0.3 is 0 Å². The van der Waals surface area contributed by atoms with Gasteiger partial charge in [0.2, 0.25) is 5.13 Å². The van der Waals surface area contributed by atoms with E-state index in [-0.39, 0.29) is 11.4 Å². The Hall–Kier alpha value is -2.89. The Morgan fingerprint density at radius 1 is 1.24 bits per heavy atom. The SMILES string of the molecule is C=CCSc1nnc(NC(=O)[C@@H]2CN(S(=O)(=O)c3ccc(C)cc3)c3cc(C)ccc3O2)s1. The fourth-order valence-corrected chi connectivity index (χ4v) is 6.18. The molecule has 2 aromatic carbocycles. The van der Waals surface area contributed by atoms with Crippen LogP contribution in [0, 0.1) is 13.8 Å². The number of nitrogens with zero attached hydrogens (tertiary/aromatic N) is 3. The topological polar surface area (TPSA) is 101 Å². The fraction of sp³-hybridized carbons (Fsp3) is 0.227. The lowest BCUT2D eigenvalue weighted by molar-refractivity contribution is -0.122. The molecule has 0 saturated heterocycles. The Bertz CT molecular complexity index is 1290. The van der Waals surface area contributed by atoms with Gasteiger partial charge in [0.25, 0.3) is 15.9 Å². The molecule has 11 heteroatoms. The summed E-state index contributed by atoms with van der Waals surface area (Å²) < 4.78 is 34.8. The maximum atomic E-state index is 13.5. The molecular formula is C22H22N4O4S3. The molecule has 0 unspecified atom stereocenters. The normalized spacial score (nSPS) is 15.5. The molecule has 0 radical (unpaired) electrons. The van der Waals surface area contributed by atoms with Gasteiger partial charge in [0, 0.05) is 5.75 Å². The summed E-state index contributed by atoms with van der Waals surface area (Å²) in [6.45, 7) is 7.25. The minimum absolute atomic E-state index is 0.148. The molecule has 0 aliphatic carbocycles. The number of nitrogens with one attached hydrogen (secondary N) is 1. The fourth-order valence-electron chi connectivity index (χ4n) is 3.20. The molecule has 1 aliphatic rings. The summed E-state index contributed by atoms with van der Waals surface area (Å²) in [6.07, 6.45) is 0.691. The molecule has 4 rings (SSSR count). The predicted molar refractivity (Wildman–Crippen MR) is 131 cm³/mol. The smallest absolute Gasteiger partial charge is 0.269 e. The Morgan fingerprint density at radius 2 is 1.97 bits per heavy atom. The molecule has 0 bridgehead atoms. The second kappa shape index (κ2) is 9.54. The third-order valence-corrected chi connectivity index (χ3v) is 8.61. The van der Waals surface area contributed by atoms with E-state index in [0.717, 1.165) is 11.1 Å². The van der Waals surface area contributed by atoms with E-state index < -0.39 is 22.0 Å². The second-order valence-corrected chi connectivity index (χ2v) is 11.5. The van der Waals surface area contributed by atoms with E-state index in [1.54, 1.807) is 42.5 Å². The first-order valence-electron chi connectivity index (χ1n) is 10.0. The Balaban J connectivity index is 1.62. The van der Waals surface area contributed by atoms with Crippen LogP contribution in [0.3, 0.4) is 0 Å². The first-order chi connectivity index (χ1) is 15.8. The van der Waals surface area contributed by atoms with Crippen molar-refractivity contribution in [2.24, 2.45) is 0 Å². The van der Waals surface area contributed by atoms with Gasteiger partial charge in [-0.05, 0) is 43.7 Å². The summed E-state index contributed by atoms with van der Waals surface area (Å²) in [5.41, 5.74) is 2.23. The number of fused-ring (bicyclic) bond motifs is 1. The minimum Gasteiger partial charge on any atom is -0.476 e. The lowest BCUT2D eigenvalue weighted by Gasteiger charge is -2.34. The van der Waals surface area contributed by atoms with Crippen LogP contribution < -0.4 is 14.4 Å². The van der Waals surface area contributed by atoms with Crippen LogP contribution in [0.15, 0.2) is 64.4 Å². The van der Waals surface area contributed by atoms with Crippen LogP contribution >= 0.6 is 23.1 Å². The number of carbonyl (C=O) groups is 1. The zero-order chi connectivity index (χ0) is 23.6. The molecule has 1 aromatic heterocycles. The third kappa shape index (κ3) is 5.05. The van der Waals surface area contributed by atoms with E-state index in [2.05, 4.69) is 22.1 Å². The lowest BCUT2D eigenvalue weighted by atomic mass is 10.1. The summed E-state index contributed by atoms with van der Waals surface area (Å²) in [7, 11) is -3.92. The molecule has 0 fully saturated rings. The number of thioether (sulfide) groups is 1. The van der Waals surface area contributed by atoms with E-state index in [4.69, 9.17) is 4.74 Å². The average molecular weight is 503 g/mol. The zero-order valence-electron chi connectivity index (χ0n) is 18.0. The van der Waals surface area contributed by atoms with Crippen LogP contribution in [-0.2, 0) is 14.8 Å². The van der Waals surface area contributed by atoms with E-state index >= 15 is 0 Å². The van der Waals surface area contributed by atoms with Gasteiger partial charge in [-0.25, -0.2) is 8.42 Å². The highest BCUT2D eigenvalue weighted by atomic mass is 32.2. The zero-order valence-corrected chi connectivity index (χ0v) is 20.5. The summed E-state index contributed by atoms with van der Waals surface area (Å²) in [5.74, 6) is 0.500. The number of amides is 1. The maximum Gasteiger partial charge on any atom is 0.269 e. The van der Waals surface area contributed by atoms with Crippen LogP contribution in [0.5, 0.6) is 5.75 Å². The Kier molecular flexibility index (Phi) is 6.73. The van der Waals surface area contributed by atoms with Gasteiger partial charge in [-0.1, -0.05) is 52.9 Å². The molecule has 172 valence electrons. The van der Waals surface area contributed by atoms with Crippen molar-refractivity contribution in [3.63, 3.8) is 0 Å². The Morgan fingerprint density at radius 3 is 2.70 bits per heavy atom. The van der Waals surface area contributed by atoms with Crippen molar-refractivity contribution in [3.05, 3.63) is 66.2 Å². The number of hydrogen-bond acceptors (Lipinski definition) is 8. The quantitative estimate of drug-likeness (QED) is 0.296. The van der Waals surface area contributed by atoms with Crippen molar-refractivity contribution < 1.29 is 17.9 Å². The van der Waals surface area contributed by atoms with Crippen LogP contribution in [0.4, 0.5) is 10.8 Å².